The molecule has 0 aromatic carbocycles. The summed E-state index contributed by atoms with van der Waals surface area (Å²) in [4.78, 5) is 0. The van der Waals surface area contributed by atoms with Gasteiger partial charge in [0.1, 0.15) is 0 Å². The van der Waals surface area contributed by atoms with Crippen molar-refractivity contribution in [1.29, 1.82) is 0 Å². The summed E-state index contributed by atoms with van der Waals surface area (Å²) < 4.78 is 15.5. The maximum atomic E-state index is 5.50. The minimum absolute atomic E-state index is 0. The summed E-state index contributed by atoms with van der Waals surface area (Å²) in [6.45, 7) is 0. The predicted octanol–water partition coefficient (Wildman–Crippen LogP) is 2.49. The van der Waals surface area contributed by atoms with E-state index < -0.39 is 0 Å². The Kier molecular flexibility index (Phi) is 434. The molecule has 0 aliphatic heterocycles. The van der Waals surface area contributed by atoms with Crippen molar-refractivity contribution in [2.75, 3.05) is 0 Å². The van der Waals surface area contributed by atoms with E-state index in [2.05, 4.69) is 7.40 Å². The Morgan fingerprint density at radius 3 is 0.875 bits per heavy atom. The van der Waals surface area contributed by atoms with Gasteiger partial charge in [-0.15, -0.1) is 0 Å². The van der Waals surface area contributed by atoms with Crippen LogP contribution in [0.2, 0.25) is 0 Å². The van der Waals surface area contributed by atoms with Crippen LogP contribution >= 0.6 is 0 Å². The minimum Gasteiger partial charge on any atom is -0.358 e. The molecule has 48 valence electrons. The summed E-state index contributed by atoms with van der Waals surface area (Å²) >= 11 is 0. The average molecular weight is 350 g/mol. The van der Waals surface area contributed by atoms with Crippen molar-refractivity contribution in [2.24, 2.45) is 0 Å². The molecule has 0 spiro atoms. The Bertz CT molecular complexity index is 16.9. The van der Waals surface area contributed by atoms with Gasteiger partial charge in [0.15, 0.2) is 0 Å². The van der Waals surface area contributed by atoms with Crippen LogP contribution in [0.1, 0.15) is 4.34 Å². The van der Waals surface area contributed by atoms with Crippen LogP contribution in [0.3, 0.4) is 0 Å². The summed E-state index contributed by atoms with van der Waals surface area (Å²) in [6.07, 6.45) is 0. The fourth-order valence-corrected chi connectivity index (χ4v) is 0. The Hall–Kier alpha value is 3.31. The first-order chi connectivity index (χ1) is 2.00. The number of hydrogen-bond acceptors (Lipinski definition) is 0. The second-order valence-electron chi connectivity index (χ2n) is 0. The van der Waals surface area contributed by atoms with Gasteiger partial charge in [-0.3, -0.25) is 0 Å². The van der Waals surface area contributed by atoms with Gasteiger partial charge in [-0.05, 0) is 0 Å². The third-order valence-electron chi connectivity index (χ3n) is 0. The van der Waals surface area contributed by atoms with Gasteiger partial charge in [0.05, 0.1) is 0 Å². The zero-order valence-corrected chi connectivity index (χ0v) is 15.0. The molecule has 0 nitrogen and oxygen atoms in total. The predicted molar refractivity (Wildman–Crippen MR) is 34.2 cm³/mol. The van der Waals surface area contributed by atoms with Crippen LogP contribution in [-0.4, -0.2) is 0 Å². The molecule has 0 rings (SSSR count). The molecule has 0 N–H and O–H groups in total. The van der Waals surface area contributed by atoms with Crippen LogP contribution in [0.25, 0.3) is 0 Å². The van der Waals surface area contributed by atoms with Crippen LogP contribution < -0.4 is 0 Å². The zero-order chi connectivity index (χ0) is 4.00. The van der Waals surface area contributed by atoms with E-state index in [4.69, 9.17) is 4.34 Å². The van der Waals surface area contributed by atoms with E-state index in [1.54, 1.807) is 0 Å². The van der Waals surface area contributed by atoms with E-state index in [9.17, 15) is 0 Å². The van der Waals surface area contributed by atoms with Gasteiger partial charge in [0, 0.05) is 68.4 Å². The van der Waals surface area contributed by atoms with Gasteiger partial charge < -0.3 is 37.1 Å². The maximum absolute atomic E-state index is 5.50. The molecule has 2 radical (unpaired) electrons. The van der Waals surface area contributed by atoms with Crippen LogP contribution in [0.4, 0.5) is 0 Å². The van der Waals surface area contributed by atoms with Crippen LogP contribution in [-0.2, 0) is 98.1 Å². The standard InChI is InChI=1S/5CH3.3Y.H2/h5*1H3;;;;1H/q5*-1;;;+3;/i1T;;;;;;;;1+2T. The second kappa shape index (κ2) is 81.5. The zero-order valence-electron chi connectivity index (χ0n) is 9.44. The number of rotatable bonds is 0. The number of hydrogen-bond donors (Lipinski definition) is 0. The van der Waals surface area contributed by atoms with E-state index in [0.717, 1.165) is 0 Å². The van der Waals surface area contributed by atoms with Crippen LogP contribution in [0.5, 0.6) is 0 Å². The van der Waals surface area contributed by atoms with Crippen molar-refractivity contribution >= 4 is 0 Å². The van der Waals surface area contributed by atoms with Gasteiger partial charge in [-0.1, -0.05) is 0 Å². The molecule has 0 amide bonds. The summed E-state index contributed by atoms with van der Waals surface area (Å²) in [5, 5.41) is 0. The Balaban J connectivity index is -0.000000000635. The normalized spacial score (nSPS) is 1.88. The molecule has 0 aromatic heterocycles. The molecule has 0 unspecified atom stereocenters. The summed E-state index contributed by atoms with van der Waals surface area (Å²) in [5.41, 5.74) is 0. The van der Waals surface area contributed by atoms with E-state index in [-0.39, 0.29) is 128 Å². The summed E-state index contributed by atoms with van der Waals surface area (Å²) in [7, 11) is 2.50. The molecular formula is C5H17Y3-2. The van der Waals surface area contributed by atoms with Crippen molar-refractivity contribution in [3.05, 3.63) is 37.1 Å². The van der Waals surface area contributed by atoms with Crippen molar-refractivity contribution < 1.29 is 102 Å². The van der Waals surface area contributed by atoms with E-state index in [1.165, 1.54) is 0 Å². The molecule has 0 saturated heterocycles. The van der Waals surface area contributed by atoms with Crippen molar-refractivity contribution in [2.45, 2.75) is 0 Å². The molecule has 0 aromatic rings. The summed E-state index contributed by atoms with van der Waals surface area (Å²) in [6, 6.07) is 0. The Morgan fingerprint density at radius 1 is 0.875 bits per heavy atom. The third-order valence-corrected chi connectivity index (χ3v) is 0. The van der Waals surface area contributed by atoms with Crippen molar-refractivity contribution in [3.8, 4) is 0 Å². The smallest absolute Gasteiger partial charge is 0.358 e. The fourth-order valence-electron chi connectivity index (χ4n) is 0. The quantitative estimate of drug-likeness (QED) is 0.589. The molecule has 0 aliphatic rings. The molecule has 3 heteroatoms. The van der Waals surface area contributed by atoms with Crippen molar-refractivity contribution in [3.63, 3.8) is 0 Å². The van der Waals surface area contributed by atoms with Gasteiger partial charge >= 0.3 is 32.7 Å². The molecule has 0 fully saturated rings. The first-order valence-corrected chi connectivity index (χ1v) is 0. The van der Waals surface area contributed by atoms with Crippen LogP contribution in [0, 0.1) is 37.1 Å². The molecule has 8 heavy (non-hydrogen) atoms. The Labute approximate surface area is 137 Å². The summed E-state index contributed by atoms with van der Waals surface area (Å²) in [5.74, 6) is 0. The van der Waals surface area contributed by atoms with Crippen molar-refractivity contribution in [1.82, 2.24) is 0 Å². The second-order valence-corrected chi connectivity index (χ2v) is 0. The molecular weight excluding hydrogens is 327 g/mol. The van der Waals surface area contributed by atoms with Crippen LogP contribution in [0.15, 0.2) is 0 Å². The van der Waals surface area contributed by atoms with E-state index in [1.807, 2.05) is 0 Å². The average Bonchev–Trinajstić information content (AvgIpc) is 1.50. The monoisotopic (exact) mass is 350 g/mol. The Morgan fingerprint density at radius 2 is 0.875 bits per heavy atom. The molecule has 0 atom stereocenters. The van der Waals surface area contributed by atoms with Gasteiger partial charge in [0.2, 0.25) is 0 Å². The SMILES string of the molecule is [3H][3H].[3H][CH2-].[CH3-].[CH3-].[CH3-].[CH3-].[Y+3].[Y].[Y]. The topological polar surface area (TPSA) is 0 Å². The van der Waals surface area contributed by atoms with E-state index in [0.29, 0.717) is 0 Å². The van der Waals surface area contributed by atoms with Gasteiger partial charge in [-0.25, -0.2) is 1.37 Å². The molecule has 0 aliphatic carbocycles. The minimum atomic E-state index is 0. The first kappa shape index (κ1) is 42.6. The van der Waals surface area contributed by atoms with E-state index >= 15 is 0 Å². The first-order valence-electron chi connectivity index (χ1n) is 1.71. The largest absolute Gasteiger partial charge is 3.00 e. The molecule has 0 heterocycles. The molecule has 0 bridgehead atoms. The van der Waals surface area contributed by atoms with Gasteiger partial charge in [0.25, 0.3) is 0 Å². The fraction of sp³-hybridized carbons (Fsp3) is 0. The maximum Gasteiger partial charge on any atom is 3.00 e. The third kappa shape index (κ3) is 58.7. The molecule has 0 saturated carbocycles. The van der Waals surface area contributed by atoms with Gasteiger partial charge in [-0.2, -0.15) is 0 Å².